The van der Waals surface area contributed by atoms with Gasteiger partial charge < -0.3 is 34.6 Å². The van der Waals surface area contributed by atoms with Gasteiger partial charge in [0.25, 0.3) is 10.1 Å². The summed E-state index contributed by atoms with van der Waals surface area (Å²) < 4.78 is 46.5. The lowest BCUT2D eigenvalue weighted by molar-refractivity contribution is -0.296. The summed E-state index contributed by atoms with van der Waals surface area (Å²) in [5.74, 6) is -1.46. The zero-order valence-electron chi connectivity index (χ0n) is 24.9. The van der Waals surface area contributed by atoms with Crippen LogP contribution in [0.4, 0.5) is 0 Å². The van der Waals surface area contributed by atoms with E-state index in [0.717, 1.165) is 19.3 Å². The number of esters is 1. The molecule has 0 aromatic carbocycles. The lowest BCUT2D eigenvalue weighted by Gasteiger charge is -2.40. The van der Waals surface area contributed by atoms with Crippen LogP contribution in [0.5, 0.6) is 0 Å². The minimum Gasteiger partial charge on any atom is -0.463 e. The number of aliphatic hydroxyl groups is 4. The minimum absolute atomic E-state index is 0.248. The highest BCUT2D eigenvalue weighted by Gasteiger charge is 2.45. The van der Waals surface area contributed by atoms with Crippen LogP contribution < -0.4 is 0 Å². The lowest BCUT2D eigenvalue weighted by Crippen LogP contribution is -2.60. The molecule has 2 unspecified atom stereocenters. The molecule has 0 bridgehead atoms. The number of carbonyl (C=O) groups excluding carboxylic acids is 1. The first kappa shape index (κ1) is 38.2. The van der Waals surface area contributed by atoms with Crippen LogP contribution in [0.2, 0.25) is 0 Å². The summed E-state index contributed by atoms with van der Waals surface area (Å²) in [5.41, 5.74) is 0. The van der Waals surface area contributed by atoms with Gasteiger partial charge in [0.15, 0.2) is 6.29 Å². The Morgan fingerprint density at radius 1 is 0.732 bits per heavy atom. The van der Waals surface area contributed by atoms with Crippen LogP contribution in [0.15, 0.2) is 0 Å². The number of rotatable bonds is 25. The number of hydrogen-bond acceptors (Lipinski definition) is 10. The molecule has 1 aliphatic heterocycles. The second-order valence-electron chi connectivity index (χ2n) is 11.3. The zero-order valence-corrected chi connectivity index (χ0v) is 25.7. The molecule has 41 heavy (non-hydrogen) atoms. The summed E-state index contributed by atoms with van der Waals surface area (Å²) in [7, 11) is -4.54. The normalized spacial score (nSPS) is 23.9. The quantitative estimate of drug-likeness (QED) is 0.0577. The molecule has 12 heteroatoms. The Morgan fingerprint density at radius 2 is 1.20 bits per heavy atom. The Morgan fingerprint density at radius 3 is 1.66 bits per heavy atom. The van der Waals surface area contributed by atoms with E-state index in [1.807, 2.05) is 0 Å². The van der Waals surface area contributed by atoms with E-state index in [1.54, 1.807) is 0 Å². The number of unbranched alkanes of at least 4 members (excludes halogenated alkanes) is 16. The van der Waals surface area contributed by atoms with Crippen LogP contribution in [-0.2, 0) is 29.1 Å². The highest BCUT2D eigenvalue weighted by Crippen LogP contribution is 2.23. The average molecular weight is 613 g/mol. The Labute approximate surface area is 246 Å². The number of aliphatic hydroxyl groups excluding tert-OH is 4. The Balaban J connectivity index is 2.00. The summed E-state index contributed by atoms with van der Waals surface area (Å²) in [6.45, 7) is 1.46. The first-order chi connectivity index (χ1) is 19.5. The maximum Gasteiger partial charge on any atom is 0.305 e. The van der Waals surface area contributed by atoms with Gasteiger partial charge in [-0.3, -0.25) is 9.35 Å². The molecule has 1 saturated heterocycles. The van der Waals surface area contributed by atoms with E-state index in [0.29, 0.717) is 6.42 Å². The maximum absolute atomic E-state index is 11.9. The van der Waals surface area contributed by atoms with Crippen LogP contribution in [0.25, 0.3) is 0 Å². The van der Waals surface area contributed by atoms with Crippen molar-refractivity contribution in [2.75, 3.05) is 19.0 Å². The Bertz CT molecular complexity index is 764. The highest BCUT2D eigenvalue weighted by atomic mass is 32.2. The second-order valence-corrected chi connectivity index (χ2v) is 12.8. The van der Waals surface area contributed by atoms with Gasteiger partial charge in [-0.25, -0.2) is 0 Å². The molecule has 1 fully saturated rings. The van der Waals surface area contributed by atoms with Crippen molar-refractivity contribution < 1.29 is 52.4 Å². The fraction of sp³-hybridized carbons (Fsp3) is 0.966. The van der Waals surface area contributed by atoms with E-state index >= 15 is 0 Å². The zero-order chi connectivity index (χ0) is 30.5. The molecule has 0 saturated carbocycles. The molecule has 1 aliphatic rings. The molecule has 0 aromatic heterocycles. The summed E-state index contributed by atoms with van der Waals surface area (Å²) >= 11 is 0. The monoisotopic (exact) mass is 612 g/mol. The predicted octanol–water partition coefficient (Wildman–Crippen LogP) is 3.64. The minimum atomic E-state index is -4.54. The maximum atomic E-state index is 11.9. The van der Waals surface area contributed by atoms with Gasteiger partial charge >= 0.3 is 5.97 Å². The molecule has 244 valence electrons. The number of carbonyl (C=O) groups is 1. The third-order valence-electron chi connectivity index (χ3n) is 7.42. The van der Waals surface area contributed by atoms with Crippen LogP contribution in [0, 0.1) is 0 Å². The van der Waals surface area contributed by atoms with Gasteiger partial charge in [-0.2, -0.15) is 8.42 Å². The lowest BCUT2D eigenvalue weighted by atomic mass is 10.00. The average Bonchev–Trinajstić information content (AvgIpc) is 2.92. The van der Waals surface area contributed by atoms with E-state index in [-0.39, 0.29) is 13.0 Å². The molecule has 5 N–H and O–H groups in total. The van der Waals surface area contributed by atoms with Crippen molar-refractivity contribution in [3.05, 3.63) is 0 Å². The van der Waals surface area contributed by atoms with E-state index in [1.165, 1.54) is 83.5 Å². The van der Waals surface area contributed by atoms with E-state index in [2.05, 4.69) is 6.92 Å². The van der Waals surface area contributed by atoms with Crippen molar-refractivity contribution in [1.29, 1.82) is 0 Å². The molecule has 1 heterocycles. The Kier molecular flexibility index (Phi) is 21.1. The van der Waals surface area contributed by atoms with Gasteiger partial charge in [-0.1, -0.05) is 110 Å². The van der Waals surface area contributed by atoms with Crippen LogP contribution in [0.3, 0.4) is 0 Å². The summed E-state index contributed by atoms with van der Waals surface area (Å²) in [4.78, 5) is 11.9. The molecular weight excluding hydrogens is 556 g/mol. The molecule has 1 rings (SSSR count). The molecule has 11 nitrogen and oxygen atoms in total. The van der Waals surface area contributed by atoms with E-state index < -0.39 is 65.3 Å². The third-order valence-corrected chi connectivity index (χ3v) is 8.17. The van der Waals surface area contributed by atoms with Crippen molar-refractivity contribution in [3.63, 3.8) is 0 Å². The van der Waals surface area contributed by atoms with Crippen LogP contribution >= 0.6 is 0 Å². The first-order valence-electron chi connectivity index (χ1n) is 15.6. The smallest absolute Gasteiger partial charge is 0.305 e. The van der Waals surface area contributed by atoms with Crippen molar-refractivity contribution in [2.24, 2.45) is 0 Å². The van der Waals surface area contributed by atoms with Crippen molar-refractivity contribution >= 4 is 16.1 Å². The van der Waals surface area contributed by atoms with Gasteiger partial charge in [-0.05, 0) is 6.42 Å². The first-order valence-corrected chi connectivity index (χ1v) is 17.3. The van der Waals surface area contributed by atoms with Crippen molar-refractivity contribution in [3.8, 4) is 0 Å². The van der Waals surface area contributed by atoms with Gasteiger partial charge in [0.1, 0.15) is 42.9 Å². The van der Waals surface area contributed by atoms with Gasteiger partial charge in [0.05, 0.1) is 6.61 Å². The van der Waals surface area contributed by atoms with E-state index in [4.69, 9.17) is 18.8 Å². The topological polar surface area (TPSA) is 180 Å². The molecule has 6 atom stereocenters. The molecule has 0 aliphatic carbocycles. The molecular formula is C29H56O11S. The van der Waals surface area contributed by atoms with Gasteiger partial charge in [-0.15, -0.1) is 0 Å². The Hall–Kier alpha value is -0.860. The highest BCUT2D eigenvalue weighted by molar-refractivity contribution is 7.85. The largest absolute Gasteiger partial charge is 0.463 e. The standard InChI is InChI=1S/C29H56O11S/c1-2-3-4-5-6-7-8-9-10-11-12-13-14-15-16-17-18-19-25(31)38-20-23(30)21-39-29-28(34)27(33)26(32)24(40-29)22-41(35,36)37/h23-24,26-30,32-34H,2-22H2,1H3,(H,35,36,37)/t23?,24-,26-,27+,28-,29?/m1/s1. The third kappa shape index (κ3) is 19.1. The predicted molar refractivity (Wildman–Crippen MR) is 155 cm³/mol. The summed E-state index contributed by atoms with van der Waals surface area (Å²) in [5, 5.41) is 39.8. The molecule has 0 aromatic rings. The fourth-order valence-corrected chi connectivity index (χ4v) is 5.60. The molecule has 0 radical (unpaired) electrons. The second kappa shape index (κ2) is 22.6. The van der Waals surface area contributed by atoms with Crippen LogP contribution in [-0.4, -0.2) is 95.1 Å². The SMILES string of the molecule is CCCCCCCCCCCCCCCCCCCC(=O)OCC(O)COC1O[C@H](CS(=O)(=O)O)[C@@H](O)[C@H](O)[C@H]1O. The summed E-state index contributed by atoms with van der Waals surface area (Å²) in [6.07, 6.45) is 11.9. The number of hydrogen-bond donors (Lipinski definition) is 5. The number of ether oxygens (including phenoxy) is 3. The van der Waals surface area contributed by atoms with Crippen molar-refractivity contribution in [2.45, 2.75) is 159 Å². The van der Waals surface area contributed by atoms with Gasteiger partial charge in [0.2, 0.25) is 0 Å². The summed E-state index contributed by atoms with van der Waals surface area (Å²) in [6, 6.07) is 0. The molecule has 0 spiro atoms. The molecule has 0 amide bonds. The van der Waals surface area contributed by atoms with Crippen LogP contribution in [0.1, 0.15) is 122 Å². The fourth-order valence-electron chi connectivity index (χ4n) is 4.91. The van der Waals surface area contributed by atoms with E-state index in [9.17, 15) is 33.6 Å². The van der Waals surface area contributed by atoms with Crippen molar-refractivity contribution in [1.82, 2.24) is 0 Å². The van der Waals surface area contributed by atoms with Gasteiger partial charge in [0, 0.05) is 6.42 Å².